The first-order chi connectivity index (χ1) is 14.1. The third kappa shape index (κ3) is 5.42. The topological polar surface area (TPSA) is 84.3 Å². The van der Waals surface area contributed by atoms with Gasteiger partial charge in [0.15, 0.2) is 5.16 Å². The molecule has 1 aromatic heterocycles. The van der Waals surface area contributed by atoms with Crippen LogP contribution in [0.4, 0.5) is 5.82 Å². The molecule has 0 amide bonds. The third-order valence-electron chi connectivity index (χ3n) is 4.11. The monoisotopic (exact) mass is 427 g/mol. The van der Waals surface area contributed by atoms with E-state index in [0.29, 0.717) is 28.3 Å². The number of hydrogen-bond acceptors (Lipinski definition) is 7. The molecule has 0 spiro atoms. The second-order valence-corrected chi connectivity index (χ2v) is 7.72. The number of carboxylic acids is 1. The number of rotatable bonds is 9. The van der Waals surface area contributed by atoms with E-state index in [4.69, 9.17) is 4.74 Å². The molecule has 0 saturated heterocycles. The predicted octanol–water partition coefficient (Wildman–Crippen LogP) is 4.81. The minimum atomic E-state index is -1.06. The van der Waals surface area contributed by atoms with Gasteiger partial charge in [-0.25, -0.2) is 14.8 Å². The molecule has 0 fully saturated rings. The van der Waals surface area contributed by atoms with Crippen molar-refractivity contribution in [1.82, 2.24) is 9.97 Å². The number of benzene rings is 2. The summed E-state index contributed by atoms with van der Waals surface area (Å²) in [6.07, 6.45) is 1.87. The fourth-order valence-corrected chi connectivity index (χ4v) is 4.09. The molecule has 1 heterocycles. The molecular weight excluding hydrogens is 406 g/mol. The summed E-state index contributed by atoms with van der Waals surface area (Å²) in [6.45, 7) is 0.387. The molecule has 6 nitrogen and oxygen atoms in total. The standard InChI is InChI=1S/C21H21N3O3S2/c1-27-16-11-7-6-10-15(16)12-22-18-17(20(25)26)19(24-21(23-18)28-2)29-13-14-8-4-3-5-9-14/h3-11H,12-13H2,1-2H3,(H,25,26)(H,22,23,24). The number of para-hydroxylation sites is 1. The van der Waals surface area contributed by atoms with Crippen molar-refractivity contribution >= 4 is 35.3 Å². The number of hydrogen-bond donors (Lipinski definition) is 2. The Balaban J connectivity index is 1.89. The van der Waals surface area contributed by atoms with Crippen LogP contribution in [-0.4, -0.2) is 34.4 Å². The second-order valence-electron chi connectivity index (χ2n) is 5.98. The number of anilines is 1. The van der Waals surface area contributed by atoms with Crippen LogP contribution in [0.3, 0.4) is 0 Å². The van der Waals surface area contributed by atoms with Crippen molar-refractivity contribution in [2.75, 3.05) is 18.7 Å². The average molecular weight is 428 g/mol. The fraction of sp³-hybridized carbons (Fsp3) is 0.190. The van der Waals surface area contributed by atoms with E-state index in [2.05, 4.69) is 15.3 Å². The molecule has 0 atom stereocenters. The Morgan fingerprint density at radius 3 is 2.52 bits per heavy atom. The maximum atomic E-state index is 12.0. The predicted molar refractivity (Wildman–Crippen MR) is 117 cm³/mol. The number of carboxylic acid groups (broad SMARTS) is 1. The van der Waals surface area contributed by atoms with E-state index in [1.54, 1.807) is 7.11 Å². The van der Waals surface area contributed by atoms with Crippen LogP contribution in [0.5, 0.6) is 5.75 Å². The molecule has 8 heteroatoms. The van der Waals surface area contributed by atoms with Gasteiger partial charge in [0.05, 0.1) is 7.11 Å². The van der Waals surface area contributed by atoms with Gasteiger partial charge >= 0.3 is 5.97 Å². The lowest BCUT2D eigenvalue weighted by Gasteiger charge is -2.14. The lowest BCUT2D eigenvalue weighted by atomic mass is 10.2. The Hall–Kier alpha value is -2.71. The molecule has 0 aliphatic heterocycles. The molecule has 29 heavy (non-hydrogen) atoms. The van der Waals surface area contributed by atoms with Gasteiger partial charge in [-0.05, 0) is 17.9 Å². The third-order valence-corrected chi connectivity index (χ3v) is 5.70. The first-order valence-corrected chi connectivity index (χ1v) is 11.0. The quantitative estimate of drug-likeness (QED) is 0.286. The van der Waals surface area contributed by atoms with E-state index in [-0.39, 0.29) is 5.56 Å². The minimum absolute atomic E-state index is 0.0821. The maximum Gasteiger partial charge on any atom is 0.342 e. The summed E-state index contributed by atoms with van der Waals surface area (Å²) < 4.78 is 5.37. The van der Waals surface area contributed by atoms with Gasteiger partial charge in [0.1, 0.15) is 22.2 Å². The van der Waals surface area contributed by atoms with Gasteiger partial charge in [-0.1, -0.05) is 60.3 Å². The van der Waals surface area contributed by atoms with Crippen molar-refractivity contribution in [3.8, 4) is 5.75 Å². The lowest BCUT2D eigenvalue weighted by molar-refractivity contribution is 0.0692. The molecule has 150 valence electrons. The Morgan fingerprint density at radius 2 is 1.83 bits per heavy atom. The fourth-order valence-electron chi connectivity index (χ4n) is 2.69. The SMILES string of the molecule is COc1ccccc1CNc1nc(SC)nc(SCc2ccccc2)c1C(=O)O. The van der Waals surface area contributed by atoms with Crippen molar-refractivity contribution in [3.05, 3.63) is 71.3 Å². The minimum Gasteiger partial charge on any atom is -0.496 e. The summed E-state index contributed by atoms with van der Waals surface area (Å²) in [5.74, 6) is 0.599. The van der Waals surface area contributed by atoms with Gasteiger partial charge < -0.3 is 15.2 Å². The highest BCUT2D eigenvalue weighted by Crippen LogP contribution is 2.31. The number of thioether (sulfide) groups is 2. The summed E-state index contributed by atoms with van der Waals surface area (Å²) in [4.78, 5) is 20.9. The lowest BCUT2D eigenvalue weighted by Crippen LogP contribution is -2.12. The summed E-state index contributed by atoms with van der Waals surface area (Å²) in [6, 6.07) is 17.5. The van der Waals surface area contributed by atoms with Crippen molar-refractivity contribution in [3.63, 3.8) is 0 Å². The van der Waals surface area contributed by atoms with Crippen molar-refractivity contribution in [1.29, 1.82) is 0 Å². The molecular formula is C21H21N3O3S2. The Bertz CT molecular complexity index is 984. The van der Waals surface area contributed by atoms with Crippen molar-refractivity contribution in [2.45, 2.75) is 22.5 Å². The van der Waals surface area contributed by atoms with Crippen molar-refractivity contribution < 1.29 is 14.6 Å². The van der Waals surface area contributed by atoms with E-state index in [1.807, 2.05) is 60.9 Å². The van der Waals surface area contributed by atoms with Crippen LogP contribution in [0.2, 0.25) is 0 Å². The molecule has 0 aliphatic carbocycles. The highest BCUT2D eigenvalue weighted by molar-refractivity contribution is 7.99. The molecule has 3 aromatic rings. The van der Waals surface area contributed by atoms with Crippen LogP contribution in [0, 0.1) is 0 Å². The molecule has 0 unspecified atom stereocenters. The Labute approximate surface area is 178 Å². The van der Waals surface area contributed by atoms with Gasteiger partial charge in [-0.2, -0.15) is 0 Å². The number of ether oxygens (including phenoxy) is 1. The Morgan fingerprint density at radius 1 is 1.10 bits per heavy atom. The second kappa shape index (κ2) is 10.2. The first-order valence-electron chi connectivity index (χ1n) is 8.84. The maximum absolute atomic E-state index is 12.0. The zero-order valence-electron chi connectivity index (χ0n) is 16.1. The Kier molecular flexibility index (Phi) is 7.37. The zero-order chi connectivity index (χ0) is 20.6. The van der Waals surface area contributed by atoms with Gasteiger partial charge in [-0.3, -0.25) is 0 Å². The number of nitrogens with zero attached hydrogens (tertiary/aromatic N) is 2. The number of nitrogens with one attached hydrogen (secondary N) is 1. The number of carbonyl (C=O) groups is 1. The normalized spacial score (nSPS) is 10.6. The average Bonchev–Trinajstić information content (AvgIpc) is 2.76. The first kappa shape index (κ1) is 21.0. The molecule has 0 radical (unpaired) electrons. The smallest absolute Gasteiger partial charge is 0.342 e. The van der Waals surface area contributed by atoms with Gasteiger partial charge in [0.2, 0.25) is 0 Å². The molecule has 2 N–H and O–H groups in total. The van der Waals surface area contributed by atoms with E-state index < -0.39 is 5.97 Å². The number of aromatic nitrogens is 2. The van der Waals surface area contributed by atoms with Crippen LogP contribution in [0.25, 0.3) is 0 Å². The van der Waals surface area contributed by atoms with Gasteiger partial charge in [0, 0.05) is 17.9 Å². The summed E-state index contributed by atoms with van der Waals surface area (Å²) in [5, 5.41) is 14.0. The summed E-state index contributed by atoms with van der Waals surface area (Å²) in [5.41, 5.74) is 2.09. The molecule has 0 aliphatic rings. The van der Waals surface area contributed by atoms with E-state index in [9.17, 15) is 9.90 Å². The molecule has 0 saturated carbocycles. The molecule has 2 aromatic carbocycles. The molecule has 0 bridgehead atoms. The van der Waals surface area contributed by atoms with Crippen molar-refractivity contribution in [2.24, 2.45) is 0 Å². The number of methoxy groups -OCH3 is 1. The van der Waals surface area contributed by atoms with Crippen LogP contribution >= 0.6 is 23.5 Å². The number of aromatic carboxylic acids is 1. The van der Waals surface area contributed by atoms with Gasteiger partial charge in [-0.15, -0.1) is 11.8 Å². The van der Waals surface area contributed by atoms with Gasteiger partial charge in [0.25, 0.3) is 0 Å². The van der Waals surface area contributed by atoms with E-state index >= 15 is 0 Å². The van der Waals surface area contributed by atoms with E-state index in [1.165, 1.54) is 23.5 Å². The summed E-state index contributed by atoms with van der Waals surface area (Å²) >= 11 is 2.77. The van der Waals surface area contributed by atoms with Crippen LogP contribution < -0.4 is 10.1 Å². The van der Waals surface area contributed by atoms with Crippen LogP contribution in [-0.2, 0) is 12.3 Å². The molecule has 3 rings (SSSR count). The zero-order valence-corrected chi connectivity index (χ0v) is 17.7. The highest BCUT2D eigenvalue weighted by atomic mass is 32.2. The van der Waals surface area contributed by atoms with Crippen LogP contribution in [0.15, 0.2) is 64.8 Å². The van der Waals surface area contributed by atoms with E-state index in [0.717, 1.165) is 16.9 Å². The largest absolute Gasteiger partial charge is 0.496 e. The summed E-state index contributed by atoms with van der Waals surface area (Å²) in [7, 11) is 1.61. The van der Waals surface area contributed by atoms with Crippen LogP contribution in [0.1, 0.15) is 21.5 Å². The highest BCUT2D eigenvalue weighted by Gasteiger charge is 2.21.